The molecule has 0 amide bonds. The fourth-order valence-electron chi connectivity index (χ4n) is 2.16. The topological polar surface area (TPSA) is 0 Å². The van der Waals surface area contributed by atoms with Crippen molar-refractivity contribution in [1.29, 1.82) is 0 Å². The molecule has 0 bridgehead atoms. The molecule has 0 aromatic rings. The summed E-state index contributed by atoms with van der Waals surface area (Å²) in [7, 11) is 0. The molecule has 0 N–H and O–H groups in total. The van der Waals surface area contributed by atoms with Gasteiger partial charge in [0.25, 0.3) is 0 Å². The molecular formula is C17H33. The van der Waals surface area contributed by atoms with Crippen LogP contribution < -0.4 is 0 Å². The van der Waals surface area contributed by atoms with Crippen molar-refractivity contribution in [2.45, 2.75) is 90.4 Å². The molecule has 0 aromatic carbocycles. The van der Waals surface area contributed by atoms with E-state index in [1.54, 1.807) is 0 Å². The summed E-state index contributed by atoms with van der Waals surface area (Å²) in [5, 5.41) is 0. The van der Waals surface area contributed by atoms with Crippen LogP contribution in [0.4, 0.5) is 0 Å². The van der Waals surface area contributed by atoms with Gasteiger partial charge >= 0.3 is 0 Å². The minimum Gasteiger partial charge on any atom is -0.0885 e. The van der Waals surface area contributed by atoms with E-state index in [2.05, 4.69) is 26.0 Å². The highest BCUT2D eigenvalue weighted by atomic mass is 14.0. The van der Waals surface area contributed by atoms with Gasteiger partial charge in [-0.25, -0.2) is 0 Å². The van der Waals surface area contributed by atoms with E-state index >= 15 is 0 Å². The molecule has 0 nitrogen and oxygen atoms in total. The van der Waals surface area contributed by atoms with Crippen molar-refractivity contribution in [3.63, 3.8) is 0 Å². The average Bonchev–Trinajstić information content (AvgIpc) is 2.35. The average molecular weight is 237 g/mol. The first-order chi connectivity index (χ1) is 8.41. The zero-order chi connectivity index (χ0) is 12.6. The standard InChI is InChI=1S/C17H33/c1-3-5-7-9-11-13-15-17-16-14-12-10-8-6-4-2/h5,7H,1,3-4,6,8-17H2,2H3/b7-5+. The lowest BCUT2D eigenvalue weighted by molar-refractivity contribution is 0.550. The summed E-state index contributed by atoms with van der Waals surface area (Å²) in [5.41, 5.74) is 0. The SMILES string of the molecule is [CH2]C/C=C/CCCCCCCCCCCCC. The fraction of sp³-hybridized carbons (Fsp3) is 0.824. The zero-order valence-corrected chi connectivity index (χ0v) is 12.1. The Morgan fingerprint density at radius 2 is 1.12 bits per heavy atom. The van der Waals surface area contributed by atoms with Crippen LogP contribution in [0.5, 0.6) is 0 Å². The molecule has 0 atom stereocenters. The van der Waals surface area contributed by atoms with Gasteiger partial charge in [-0.15, -0.1) is 0 Å². The summed E-state index contributed by atoms with van der Waals surface area (Å²) >= 11 is 0. The van der Waals surface area contributed by atoms with Crippen LogP contribution in [0, 0.1) is 6.92 Å². The lowest BCUT2D eigenvalue weighted by atomic mass is 10.1. The molecule has 0 aromatic heterocycles. The Bertz CT molecular complexity index is 146. The van der Waals surface area contributed by atoms with Crippen LogP contribution in [-0.4, -0.2) is 0 Å². The molecule has 0 saturated heterocycles. The first-order valence-electron chi connectivity index (χ1n) is 7.86. The van der Waals surface area contributed by atoms with Crippen molar-refractivity contribution in [1.82, 2.24) is 0 Å². The quantitative estimate of drug-likeness (QED) is 0.254. The van der Waals surface area contributed by atoms with Crippen molar-refractivity contribution >= 4 is 0 Å². The van der Waals surface area contributed by atoms with Crippen molar-refractivity contribution < 1.29 is 0 Å². The van der Waals surface area contributed by atoms with E-state index in [-0.39, 0.29) is 0 Å². The molecule has 0 aliphatic heterocycles. The minimum absolute atomic E-state index is 0.942. The minimum atomic E-state index is 0.942. The highest BCUT2D eigenvalue weighted by molar-refractivity contribution is 4.81. The van der Waals surface area contributed by atoms with E-state index in [0.29, 0.717) is 0 Å². The Morgan fingerprint density at radius 1 is 0.647 bits per heavy atom. The summed E-state index contributed by atoms with van der Waals surface area (Å²) in [6.45, 7) is 6.08. The second-order valence-corrected chi connectivity index (χ2v) is 5.08. The summed E-state index contributed by atoms with van der Waals surface area (Å²) in [6, 6.07) is 0. The van der Waals surface area contributed by atoms with Crippen molar-refractivity contribution in [2.75, 3.05) is 0 Å². The summed E-state index contributed by atoms with van der Waals surface area (Å²) in [6.07, 6.45) is 22.4. The monoisotopic (exact) mass is 237 g/mol. The first-order valence-corrected chi connectivity index (χ1v) is 7.86. The van der Waals surface area contributed by atoms with Crippen LogP contribution in [-0.2, 0) is 0 Å². The third-order valence-electron chi connectivity index (χ3n) is 3.31. The highest BCUT2D eigenvalue weighted by Crippen LogP contribution is 2.11. The normalized spacial score (nSPS) is 11.4. The maximum absolute atomic E-state index is 3.79. The predicted molar refractivity (Wildman–Crippen MR) is 80.2 cm³/mol. The number of hydrogen-bond donors (Lipinski definition) is 0. The molecule has 0 aliphatic rings. The van der Waals surface area contributed by atoms with Crippen LogP contribution in [0.3, 0.4) is 0 Å². The smallest absolute Gasteiger partial charge is 0.0351 e. The third kappa shape index (κ3) is 15.7. The van der Waals surface area contributed by atoms with Crippen LogP contribution in [0.15, 0.2) is 12.2 Å². The van der Waals surface area contributed by atoms with Gasteiger partial charge in [0, 0.05) is 0 Å². The lowest BCUT2D eigenvalue weighted by Gasteiger charge is -2.01. The van der Waals surface area contributed by atoms with Gasteiger partial charge in [0.2, 0.25) is 0 Å². The number of rotatable bonds is 13. The zero-order valence-electron chi connectivity index (χ0n) is 12.1. The van der Waals surface area contributed by atoms with Crippen molar-refractivity contribution in [2.24, 2.45) is 0 Å². The number of hydrogen-bond acceptors (Lipinski definition) is 0. The molecule has 0 heterocycles. The second-order valence-electron chi connectivity index (χ2n) is 5.08. The van der Waals surface area contributed by atoms with Gasteiger partial charge < -0.3 is 0 Å². The summed E-state index contributed by atoms with van der Waals surface area (Å²) in [5.74, 6) is 0. The molecule has 0 saturated carbocycles. The molecule has 0 heteroatoms. The molecular weight excluding hydrogens is 204 g/mol. The van der Waals surface area contributed by atoms with Crippen molar-refractivity contribution in [3.05, 3.63) is 19.1 Å². The first kappa shape index (κ1) is 16.7. The van der Waals surface area contributed by atoms with E-state index in [9.17, 15) is 0 Å². The van der Waals surface area contributed by atoms with Crippen LogP contribution >= 0.6 is 0 Å². The van der Waals surface area contributed by atoms with E-state index in [1.807, 2.05) is 0 Å². The Kier molecular flexibility index (Phi) is 15.5. The highest BCUT2D eigenvalue weighted by Gasteiger charge is 1.92. The van der Waals surface area contributed by atoms with E-state index in [4.69, 9.17) is 0 Å². The van der Waals surface area contributed by atoms with E-state index in [1.165, 1.54) is 77.0 Å². The number of unbranched alkanes of at least 4 members (excludes halogenated alkanes) is 11. The van der Waals surface area contributed by atoms with Gasteiger partial charge in [0.15, 0.2) is 0 Å². The lowest BCUT2D eigenvalue weighted by Crippen LogP contribution is -1.81. The fourth-order valence-corrected chi connectivity index (χ4v) is 2.16. The van der Waals surface area contributed by atoms with Gasteiger partial charge in [-0.3, -0.25) is 0 Å². The van der Waals surface area contributed by atoms with Gasteiger partial charge in [0.1, 0.15) is 0 Å². The van der Waals surface area contributed by atoms with Crippen LogP contribution in [0.2, 0.25) is 0 Å². The largest absolute Gasteiger partial charge is 0.0885 e. The molecule has 17 heavy (non-hydrogen) atoms. The van der Waals surface area contributed by atoms with Gasteiger partial charge in [0.05, 0.1) is 0 Å². The van der Waals surface area contributed by atoms with Gasteiger partial charge in [-0.2, -0.15) is 0 Å². The Morgan fingerprint density at radius 3 is 1.59 bits per heavy atom. The molecule has 0 fully saturated rings. The van der Waals surface area contributed by atoms with Crippen LogP contribution in [0.1, 0.15) is 90.4 Å². The summed E-state index contributed by atoms with van der Waals surface area (Å²) < 4.78 is 0. The molecule has 0 aliphatic carbocycles. The maximum Gasteiger partial charge on any atom is -0.0351 e. The van der Waals surface area contributed by atoms with Gasteiger partial charge in [-0.1, -0.05) is 83.3 Å². The molecule has 0 spiro atoms. The Labute approximate surface area is 110 Å². The third-order valence-corrected chi connectivity index (χ3v) is 3.31. The number of allylic oxidation sites excluding steroid dienone is 2. The molecule has 0 rings (SSSR count). The van der Waals surface area contributed by atoms with Crippen molar-refractivity contribution in [3.8, 4) is 0 Å². The Hall–Kier alpha value is -0.260. The molecule has 1 radical (unpaired) electrons. The molecule has 0 unspecified atom stereocenters. The Balaban J connectivity index is 2.91. The second kappa shape index (κ2) is 15.7. The van der Waals surface area contributed by atoms with E-state index < -0.39 is 0 Å². The van der Waals surface area contributed by atoms with Crippen LogP contribution in [0.25, 0.3) is 0 Å². The van der Waals surface area contributed by atoms with E-state index in [0.717, 1.165) is 6.42 Å². The molecule has 101 valence electrons. The van der Waals surface area contributed by atoms with Gasteiger partial charge in [-0.05, 0) is 26.2 Å². The maximum atomic E-state index is 3.79. The summed E-state index contributed by atoms with van der Waals surface area (Å²) in [4.78, 5) is 0. The predicted octanol–water partition coefficient (Wildman–Crippen LogP) is 6.47.